The van der Waals surface area contributed by atoms with Gasteiger partial charge in [0.25, 0.3) is 0 Å². The van der Waals surface area contributed by atoms with Gasteiger partial charge in [-0.2, -0.15) is 0 Å². The molecule has 0 amide bonds. The van der Waals surface area contributed by atoms with E-state index in [1.54, 1.807) is 0 Å². The highest BCUT2D eigenvalue weighted by Crippen LogP contribution is 2.23. The molecule has 0 fully saturated rings. The average Bonchev–Trinajstić information content (AvgIpc) is 2.16. The van der Waals surface area contributed by atoms with Gasteiger partial charge in [-0.1, -0.05) is 55.5 Å². The van der Waals surface area contributed by atoms with Crippen LogP contribution in [0.15, 0.2) is 29.2 Å². The van der Waals surface area contributed by atoms with E-state index >= 15 is 0 Å². The molecule has 1 aromatic carbocycles. The second kappa shape index (κ2) is 6.04. The van der Waals surface area contributed by atoms with Gasteiger partial charge in [0.2, 0.25) is 0 Å². The van der Waals surface area contributed by atoms with Crippen LogP contribution < -0.4 is 5.73 Å². The molecular formula is C11H15NS2. The summed E-state index contributed by atoms with van der Waals surface area (Å²) < 4.78 is 0.494. The third-order valence-corrected chi connectivity index (χ3v) is 3.05. The van der Waals surface area contributed by atoms with Crippen LogP contribution in [-0.4, -0.2) is 4.32 Å². The largest absolute Gasteiger partial charge is 0.384 e. The van der Waals surface area contributed by atoms with Crippen LogP contribution in [-0.2, 0) is 6.42 Å². The topological polar surface area (TPSA) is 26.0 Å². The average molecular weight is 225 g/mol. The van der Waals surface area contributed by atoms with E-state index in [0.29, 0.717) is 4.32 Å². The Morgan fingerprint density at radius 1 is 1.43 bits per heavy atom. The quantitative estimate of drug-likeness (QED) is 0.628. The molecule has 0 bridgehead atoms. The number of aryl methyl sites for hydroxylation is 1. The molecule has 0 radical (unpaired) electrons. The first-order chi connectivity index (χ1) is 6.74. The Labute approximate surface area is 95.1 Å². The lowest BCUT2D eigenvalue weighted by Crippen LogP contribution is -2.02. The lowest BCUT2D eigenvalue weighted by molar-refractivity contribution is 0.785. The molecule has 14 heavy (non-hydrogen) atoms. The number of nitrogens with two attached hydrogens (primary N) is 1. The summed E-state index contributed by atoms with van der Waals surface area (Å²) in [6.45, 7) is 2.20. The molecule has 0 aliphatic heterocycles. The molecular weight excluding hydrogens is 210 g/mol. The number of hydrogen-bond donors (Lipinski definition) is 1. The molecule has 1 rings (SSSR count). The Kier molecular flexibility index (Phi) is 4.98. The van der Waals surface area contributed by atoms with Crippen molar-refractivity contribution < 1.29 is 0 Å². The highest BCUT2D eigenvalue weighted by atomic mass is 32.2. The van der Waals surface area contributed by atoms with Gasteiger partial charge >= 0.3 is 0 Å². The van der Waals surface area contributed by atoms with Crippen molar-refractivity contribution in [2.45, 2.75) is 31.1 Å². The first-order valence-corrected chi connectivity index (χ1v) is 6.01. The zero-order valence-electron chi connectivity index (χ0n) is 8.32. The fraction of sp³-hybridized carbons (Fsp3) is 0.364. The molecule has 1 nitrogen and oxygen atoms in total. The molecule has 0 aliphatic carbocycles. The summed E-state index contributed by atoms with van der Waals surface area (Å²) in [6, 6.07) is 8.32. The summed E-state index contributed by atoms with van der Waals surface area (Å²) in [5.41, 5.74) is 6.87. The lowest BCUT2D eigenvalue weighted by atomic mass is 10.1. The van der Waals surface area contributed by atoms with Crippen molar-refractivity contribution in [2.75, 3.05) is 0 Å². The first-order valence-electron chi connectivity index (χ1n) is 4.79. The van der Waals surface area contributed by atoms with E-state index in [1.165, 1.54) is 35.1 Å². The van der Waals surface area contributed by atoms with Gasteiger partial charge < -0.3 is 5.73 Å². The first kappa shape index (κ1) is 11.5. The van der Waals surface area contributed by atoms with Crippen LogP contribution in [0.4, 0.5) is 0 Å². The van der Waals surface area contributed by atoms with Crippen molar-refractivity contribution in [2.24, 2.45) is 5.73 Å². The maximum absolute atomic E-state index is 5.52. The van der Waals surface area contributed by atoms with Crippen LogP contribution >= 0.6 is 24.0 Å². The van der Waals surface area contributed by atoms with Crippen LogP contribution in [0, 0.1) is 0 Å². The third-order valence-electron chi connectivity index (χ3n) is 1.98. The van der Waals surface area contributed by atoms with Crippen LogP contribution in [0.2, 0.25) is 0 Å². The van der Waals surface area contributed by atoms with E-state index in [-0.39, 0.29) is 0 Å². The minimum atomic E-state index is 0.494. The van der Waals surface area contributed by atoms with Crippen molar-refractivity contribution in [1.29, 1.82) is 0 Å². The summed E-state index contributed by atoms with van der Waals surface area (Å²) in [5.74, 6) is 0. The van der Waals surface area contributed by atoms with E-state index in [9.17, 15) is 0 Å². The number of benzene rings is 1. The van der Waals surface area contributed by atoms with Gasteiger partial charge in [0.05, 0.1) is 0 Å². The molecule has 0 unspecified atom stereocenters. The molecule has 0 saturated carbocycles. The van der Waals surface area contributed by atoms with Crippen LogP contribution in [0.25, 0.3) is 0 Å². The summed E-state index contributed by atoms with van der Waals surface area (Å²) in [5, 5.41) is 0. The molecule has 0 aromatic heterocycles. The molecule has 0 saturated heterocycles. The van der Waals surface area contributed by atoms with Gasteiger partial charge in [0.15, 0.2) is 0 Å². The van der Waals surface area contributed by atoms with E-state index in [1.807, 2.05) is 6.07 Å². The Morgan fingerprint density at radius 3 is 2.79 bits per heavy atom. The summed E-state index contributed by atoms with van der Waals surface area (Å²) in [4.78, 5) is 1.20. The van der Waals surface area contributed by atoms with Crippen LogP contribution in [0.3, 0.4) is 0 Å². The van der Waals surface area contributed by atoms with Crippen LogP contribution in [0.5, 0.6) is 0 Å². The van der Waals surface area contributed by atoms with Gasteiger partial charge in [0, 0.05) is 4.90 Å². The smallest absolute Gasteiger partial charge is 0.136 e. The second-order valence-corrected chi connectivity index (χ2v) is 4.91. The zero-order chi connectivity index (χ0) is 10.4. The summed E-state index contributed by atoms with van der Waals surface area (Å²) in [6.07, 6.45) is 3.54. The van der Waals surface area contributed by atoms with Gasteiger partial charge in [-0.05, 0) is 24.5 Å². The van der Waals surface area contributed by atoms with Gasteiger partial charge in [-0.25, -0.2) is 0 Å². The van der Waals surface area contributed by atoms with Crippen molar-refractivity contribution >= 4 is 28.3 Å². The van der Waals surface area contributed by atoms with Crippen molar-refractivity contribution in [1.82, 2.24) is 0 Å². The summed E-state index contributed by atoms with van der Waals surface area (Å²) in [7, 11) is 0. The minimum absolute atomic E-state index is 0.494. The molecule has 0 aliphatic rings. The highest BCUT2D eigenvalue weighted by Gasteiger charge is 2.02. The number of thioether (sulfide) groups is 1. The Balaban J connectivity index is 2.74. The van der Waals surface area contributed by atoms with E-state index in [2.05, 4.69) is 25.1 Å². The zero-order valence-corrected chi connectivity index (χ0v) is 9.96. The third kappa shape index (κ3) is 3.68. The molecule has 76 valence electrons. The normalized spacial score (nSPS) is 10.1. The molecule has 3 heteroatoms. The molecule has 0 heterocycles. The van der Waals surface area contributed by atoms with E-state index in [0.717, 1.165) is 6.42 Å². The van der Waals surface area contributed by atoms with Gasteiger partial charge in [-0.3, -0.25) is 0 Å². The fourth-order valence-electron chi connectivity index (χ4n) is 1.29. The Bertz CT molecular complexity index is 310. The summed E-state index contributed by atoms with van der Waals surface area (Å²) >= 11 is 6.38. The monoisotopic (exact) mass is 225 g/mol. The van der Waals surface area contributed by atoms with Gasteiger partial charge in [0.1, 0.15) is 4.32 Å². The number of thiocarbonyl (C=S) groups is 1. The molecule has 2 N–H and O–H groups in total. The minimum Gasteiger partial charge on any atom is -0.384 e. The van der Waals surface area contributed by atoms with Crippen LogP contribution in [0.1, 0.15) is 25.3 Å². The lowest BCUT2D eigenvalue weighted by Gasteiger charge is -2.06. The standard InChI is InChI=1S/C11H15NS2/c1-2-3-6-9-7-4-5-8-10(9)14-11(12)13/h4-5,7-8H,2-3,6H2,1H3,(H2,12,13). The maximum atomic E-state index is 5.52. The van der Waals surface area contributed by atoms with Gasteiger partial charge in [-0.15, -0.1) is 0 Å². The van der Waals surface area contributed by atoms with Crippen molar-refractivity contribution in [3.63, 3.8) is 0 Å². The van der Waals surface area contributed by atoms with Crippen molar-refractivity contribution in [3.8, 4) is 0 Å². The highest BCUT2D eigenvalue weighted by molar-refractivity contribution is 8.23. The van der Waals surface area contributed by atoms with E-state index in [4.69, 9.17) is 18.0 Å². The molecule has 0 atom stereocenters. The molecule has 0 spiro atoms. The number of unbranched alkanes of at least 4 members (excludes halogenated alkanes) is 1. The fourth-order valence-corrected chi connectivity index (χ4v) is 2.22. The second-order valence-electron chi connectivity index (χ2n) is 3.13. The number of hydrogen-bond acceptors (Lipinski definition) is 2. The Morgan fingerprint density at radius 2 is 2.14 bits per heavy atom. The van der Waals surface area contributed by atoms with Crippen molar-refractivity contribution in [3.05, 3.63) is 29.8 Å². The Hall–Kier alpha value is -0.540. The predicted octanol–water partition coefficient (Wildman–Crippen LogP) is 3.36. The number of rotatable bonds is 4. The SMILES string of the molecule is CCCCc1ccccc1SC(N)=S. The maximum Gasteiger partial charge on any atom is 0.136 e. The molecule has 1 aromatic rings. The predicted molar refractivity (Wildman–Crippen MR) is 67.7 cm³/mol. The van der Waals surface area contributed by atoms with E-state index < -0.39 is 0 Å².